The fraction of sp³-hybridized carbons (Fsp3) is 0.847. The van der Waals surface area contributed by atoms with Crippen LogP contribution in [0.5, 0.6) is 0 Å². The summed E-state index contributed by atoms with van der Waals surface area (Å²) in [5, 5.41) is 9.73. The number of quaternary nitrogens is 1. The number of hydrogen-bond acceptors (Lipinski definition) is 7. The number of carboxylic acids is 1. The van der Waals surface area contributed by atoms with Gasteiger partial charge in [-0.15, -0.1) is 0 Å². The van der Waals surface area contributed by atoms with Crippen LogP contribution in [0.1, 0.15) is 335 Å². The first-order chi connectivity index (χ1) is 39.6. The zero-order chi connectivity index (χ0) is 59.1. The first-order valence-electron chi connectivity index (χ1n) is 34.8. The molecule has 0 aliphatic carbocycles. The number of carboxylic acid groups (broad SMARTS) is 1. The van der Waals surface area contributed by atoms with Crippen LogP contribution in [0, 0.1) is 0 Å². The average Bonchev–Trinajstić information content (AvgIpc) is 3.44. The topological polar surface area (TPSA) is 108 Å². The summed E-state index contributed by atoms with van der Waals surface area (Å²) >= 11 is 0. The summed E-state index contributed by atoms with van der Waals surface area (Å²) in [5.74, 6) is -2.01. The second-order valence-corrected chi connectivity index (χ2v) is 24.8. The highest BCUT2D eigenvalue weighted by Crippen LogP contribution is 2.19. The number of esters is 2. The number of likely N-dealkylation sites (N-methyl/N-ethyl adjacent to an activating group) is 1. The molecule has 0 aliphatic heterocycles. The molecule has 474 valence electrons. The van der Waals surface area contributed by atoms with Crippen LogP contribution in [0.3, 0.4) is 0 Å². The Kier molecular flexibility index (Phi) is 61.1. The molecule has 0 aliphatic rings. The highest BCUT2D eigenvalue weighted by Gasteiger charge is 2.25. The lowest BCUT2D eigenvalue weighted by atomic mass is 10.0. The normalized spacial score (nSPS) is 13.0. The fourth-order valence-corrected chi connectivity index (χ4v) is 10.3. The summed E-state index contributed by atoms with van der Waals surface area (Å²) < 4.78 is 22.9. The zero-order valence-corrected chi connectivity index (χ0v) is 54.2. The largest absolute Gasteiger partial charge is 0.477 e. The number of aliphatic carboxylic acids is 1. The van der Waals surface area contributed by atoms with Gasteiger partial charge in [-0.2, -0.15) is 0 Å². The summed E-state index contributed by atoms with van der Waals surface area (Å²) in [6.45, 7) is 4.79. The van der Waals surface area contributed by atoms with E-state index in [0.29, 0.717) is 23.9 Å². The van der Waals surface area contributed by atoms with E-state index in [4.69, 9.17) is 18.9 Å². The highest BCUT2D eigenvalue weighted by molar-refractivity contribution is 5.71. The monoisotopic (exact) mass is 1140 g/mol. The van der Waals surface area contributed by atoms with E-state index in [-0.39, 0.29) is 32.2 Å². The quantitative estimate of drug-likeness (QED) is 0.0211. The number of rotatable bonds is 65. The van der Waals surface area contributed by atoms with E-state index in [9.17, 15) is 19.5 Å². The Balaban J connectivity index is 3.98. The molecule has 0 rings (SSSR count). The summed E-state index contributed by atoms with van der Waals surface area (Å²) in [7, 11) is 5.97. The molecule has 0 heterocycles. The Morgan fingerprint density at radius 1 is 0.383 bits per heavy atom. The van der Waals surface area contributed by atoms with Crippen molar-refractivity contribution in [2.45, 2.75) is 347 Å². The first kappa shape index (κ1) is 78.2. The predicted molar refractivity (Wildman–Crippen MR) is 346 cm³/mol. The van der Waals surface area contributed by atoms with Gasteiger partial charge < -0.3 is 28.5 Å². The molecule has 0 bridgehead atoms. The average molecular weight is 1140 g/mol. The van der Waals surface area contributed by atoms with Gasteiger partial charge in [0.05, 0.1) is 34.4 Å². The van der Waals surface area contributed by atoms with E-state index in [2.05, 4.69) is 62.5 Å². The van der Waals surface area contributed by atoms with Gasteiger partial charge in [0.1, 0.15) is 13.2 Å². The van der Waals surface area contributed by atoms with Gasteiger partial charge in [-0.3, -0.25) is 9.59 Å². The lowest BCUT2D eigenvalue weighted by molar-refractivity contribution is -0.870. The Morgan fingerprint density at radius 2 is 0.704 bits per heavy atom. The summed E-state index contributed by atoms with van der Waals surface area (Å²) in [4.78, 5) is 37.5. The molecular formula is C72H134NO8+. The molecular weight excluding hydrogens is 1010 g/mol. The van der Waals surface area contributed by atoms with Crippen molar-refractivity contribution in [3.05, 3.63) is 48.6 Å². The van der Waals surface area contributed by atoms with Crippen molar-refractivity contribution in [1.82, 2.24) is 0 Å². The van der Waals surface area contributed by atoms with Gasteiger partial charge >= 0.3 is 17.9 Å². The predicted octanol–water partition coefficient (Wildman–Crippen LogP) is 21.4. The Hall–Kier alpha value is -2.75. The molecule has 2 unspecified atom stereocenters. The van der Waals surface area contributed by atoms with Crippen LogP contribution in [0.4, 0.5) is 0 Å². The van der Waals surface area contributed by atoms with Crippen molar-refractivity contribution < 1.29 is 42.9 Å². The molecule has 81 heavy (non-hydrogen) atoms. The summed E-state index contributed by atoms with van der Waals surface area (Å²) in [6, 6.07) is 0. The maximum absolute atomic E-state index is 12.9. The summed E-state index contributed by atoms with van der Waals surface area (Å²) in [5.41, 5.74) is 0. The van der Waals surface area contributed by atoms with E-state index in [1.807, 2.05) is 21.1 Å². The second kappa shape index (κ2) is 63.3. The second-order valence-electron chi connectivity index (χ2n) is 24.8. The van der Waals surface area contributed by atoms with Crippen LogP contribution >= 0.6 is 0 Å². The SMILES string of the molecule is CC/C=C\C/C=C\C/C=C\C/C=C\CCCCCCCCC(=O)OC(COC(=O)CCCCCCCCCCCCCCCCCCCCCCCCCCCCCCCCCCCCCCC)COC(OCC[N+](C)(C)C)C(=O)O. The number of unbranched alkanes of at least 4 members (excludes halogenated alkanes) is 42. The third kappa shape index (κ3) is 64.7. The van der Waals surface area contributed by atoms with Crippen LogP contribution in [-0.2, 0) is 33.3 Å². The summed E-state index contributed by atoms with van der Waals surface area (Å²) in [6.07, 6.45) is 78.2. The van der Waals surface area contributed by atoms with E-state index < -0.39 is 24.3 Å². The zero-order valence-electron chi connectivity index (χ0n) is 54.2. The Labute approximate surface area is 502 Å². The van der Waals surface area contributed by atoms with Gasteiger partial charge in [-0.25, -0.2) is 4.79 Å². The highest BCUT2D eigenvalue weighted by atomic mass is 16.7. The van der Waals surface area contributed by atoms with Crippen molar-refractivity contribution in [1.29, 1.82) is 0 Å². The number of hydrogen-bond donors (Lipinski definition) is 1. The number of carbonyl (C=O) groups excluding carboxylic acids is 2. The molecule has 0 aromatic carbocycles. The maximum atomic E-state index is 12.9. The molecule has 0 aromatic rings. The fourth-order valence-electron chi connectivity index (χ4n) is 10.3. The lowest BCUT2D eigenvalue weighted by Crippen LogP contribution is -2.40. The minimum atomic E-state index is -1.51. The van der Waals surface area contributed by atoms with E-state index in [0.717, 1.165) is 83.5 Å². The Morgan fingerprint density at radius 3 is 1.05 bits per heavy atom. The van der Waals surface area contributed by atoms with Crippen LogP contribution < -0.4 is 0 Å². The Bertz CT molecular complexity index is 1470. The van der Waals surface area contributed by atoms with Crippen LogP contribution in [0.15, 0.2) is 48.6 Å². The van der Waals surface area contributed by atoms with Gasteiger partial charge in [0.15, 0.2) is 6.10 Å². The van der Waals surface area contributed by atoms with Crippen molar-refractivity contribution in [2.24, 2.45) is 0 Å². The van der Waals surface area contributed by atoms with Gasteiger partial charge in [-0.1, -0.05) is 319 Å². The molecule has 0 spiro atoms. The van der Waals surface area contributed by atoms with Crippen molar-refractivity contribution in [3.63, 3.8) is 0 Å². The lowest BCUT2D eigenvalue weighted by Gasteiger charge is -2.25. The van der Waals surface area contributed by atoms with E-state index >= 15 is 0 Å². The third-order valence-corrected chi connectivity index (χ3v) is 15.6. The molecule has 9 nitrogen and oxygen atoms in total. The first-order valence-corrected chi connectivity index (χ1v) is 34.8. The molecule has 0 amide bonds. The van der Waals surface area contributed by atoms with Crippen LogP contribution in [0.2, 0.25) is 0 Å². The molecule has 0 aromatic heterocycles. The maximum Gasteiger partial charge on any atom is 0.361 e. The number of carbonyl (C=O) groups is 3. The molecule has 0 saturated heterocycles. The van der Waals surface area contributed by atoms with Gasteiger partial charge in [0.2, 0.25) is 0 Å². The van der Waals surface area contributed by atoms with E-state index in [1.165, 1.54) is 218 Å². The van der Waals surface area contributed by atoms with E-state index in [1.54, 1.807) is 0 Å². The third-order valence-electron chi connectivity index (χ3n) is 15.6. The minimum Gasteiger partial charge on any atom is -0.477 e. The molecule has 0 saturated carbocycles. The molecule has 0 radical (unpaired) electrons. The van der Waals surface area contributed by atoms with Gasteiger partial charge in [0.25, 0.3) is 6.29 Å². The number of ether oxygens (including phenoxy) is 4. The number of allylic oxidation sites excluding steroid dienone is 8. The number of nitrogens with zero attached hydrogens (tertiary/aromatic N) is 1. The van der Waals surface area contributed by atoms with Crippen molar-refractivity contribution in [3.8, 4) is 0 Å². The van der Waals surface area contributed by atoms with Crippen LogP contribution in [0.25, 0.3) is 0 Å². The van der Waals surface area contributed by atoms with Crippen molar-refractivity contribution in [2.75, 3.05) is 47.5 Å². The molecule has 2 atom stereocenters. The van der Waals surface area contributed by atoms with Gasteiger partial charge in [0, 0.05) is 12.8 Å². The smallest absolute Gasteiger partial charge is 0.361 e. The molecule has 1 N–H and O–H groups in total. The minimum absolute atomic E-state index is 0.185. The molecule has 0 fully saturated rings. The van der Waals surface area contributed by atoms with Crippen LogP contribution in [-0.4, -0.2) is 87.4 Å². The molecule has 9 heteroatoms. The standard InChI is InChI=1S/C72H133NO8/c1-6-8-10-12-14-16-18-20-22-24-26-27-28-29-30-31-32-33-34-35-36-37-38-39-40-41-42-43-45-46-48-50-52-54-56-58-60-62-69(74)79-66-68(67-80-72(71(76)77)78-65-64-73(3,4)5)81-70(75)63-61-59-57-55-53-51-49-47-44-25-23-21-19-17-15-13-11-9-7-2/h9,11,15,17,21,23,44,47,68,72H,6-8,10,12-14,16,18-20,22,24-43,45-46,48-67H2,1-5H3/p+1/b11-9-,17-15-,23-21-,47-44-. The van der Waals surface area contributed by atoms with Crippen molar-refractivity contribution >= 4 is 17.9 Å². The van der Waals surface area contributed by atoms with Gasteiger partial charge in [-0.05, 0) is 51.4 Å².